The maximum absolute atomic E-state index is 9.44. The van der Waals surface area contributed by atoms with Gasteiger partial charge in [-0.15, -0.1) is 0 Å². The fourth-order valence-electron chi connectivity index (χ4n) is 3.23. The number of aliphatic hydroxyl groups is 1. The molecule has 0 aromatic heterocycles. The van der Waals surface area contributed by atoms with Crippen LogP contribution in [0.4, 0.5) is 0 Å². The van der Waals surface area contributed by atoms with Crippen molar-refractivity contribution >= 4 is 0 Å². The van der Waals surface area contributed by atoms with E-state index in [4.69, 9.17) is 0 Å². The van der Waals surface area contributed by atoms with Crippen molar-refractivity contribution in [1.82, 2.24) is 10.2 Å². The van der Waals surface area contributed by atoms with Crippen LogP contribution in [0.15, 0.2) is 0 Å². The Morgan fingerprint density at radius 2 is 1.71 bits per heavy atom. The highest BCUT2D eigenvalue weighted by Crippen LogP contribution is 2.28. The van der Waals surface area contributed by atoms with Gasteiger partial charge >= 0.3 is 0 Å². The smallest absolute Gasteiger partial charge is 0.0558 e. The largest absolute Gasteiger partial charge is 0.395 e. The van der Waals surface area contributed by atoms with Crippen LogP contribution in [0.3, 0.4) is 0 Å². The maximum atomic E-state index is 9.44. The van der Waals surface area contributed by atoms with Gasteiger partial charge in [0.2, 0.25) is 0 Å². The molecule has 0 heterocycles. The molecule has 0 radical (unpaired) electrons. The fourth-order valence-corrected chi connectivity index (χ4v) is 3.23. The highest BCUT2D eigenvalue weighted by Gasteiger charge is 2.30. The van der Waals surface area contributed by atoms with Gasteiger partial charge in [0.15, 0.2) is 0 Å². The van der Waals surface area contributed by atoms with Crippen molar-refractivity contribution in [2.45, 2.75) is 84.7 Å². The van der Waals surface area contributed by atoms with Gasteiger partial charge in [-0.3, -0.25) is 4.90 Å². The second-order valence-corrected chi connectivity index (χ2v) is 8.25. The molecule has 3 nitrogen and oxygen atoms in total. The highest BCUT2D eigenvalue weighted by molar-refractivity contribution is 4.86. The average molecular weight is 299 g/mol. The van der Waals surface area contributed by atoms with E-state index in [9.17, 15) is 5.11 Å². The second kappa shape index (κ2) is 8.50. The van der Waals surface area contributed by atoms with Gasteiger partial charge in [0, 0.05) is 31.2 Å². The maximum Gasteiger partial charge on any atom is 0.0558 e. The lowest BCUT2D eigenvalue weighted by Crippen LogP contribution is -2.50. The Morgan fingerprint density at radius 1 is 1.10 bits per heavy atom. The molecular formula is C18H38N2O. The topological polar surface area (TPSA) is 35.5 Å². The minimum Gasteiger partial charge on any atom is -0.395 e. The predicted octanol–water partition coefficient (Wildman–Crippen LogP) is 3.42. The van der Waals surface area contributed by atoms with E-state index in [0.717, 1.165) is 19.6 Å². The lowest BCUT2D eigenvalue weighted by molar-refractivity contribution is 0.0711. The fraction of sp³-hybridized carbons (Fsp3) is 1.00. The molecular weight excluding hydrogens is 260 g/mol. The first kappa shape index (κ1) is 18.9. The van der Waals surface area contributed by atoms with E-state index in [2.05, 4.69) is 44.8 Å². The number of nitrogens with zero attached hydrogens (tertiary/aromatic N) is 1. The Bertz CT molecular complexity index is 281. The Hall–Kier alpha value is -0.120. The summed E-state index contributed by atoms with van der Waals surface area (Å²) in [5.74, 6) is 0. The van der Waals surface area contributed by atoms with Crippen LogP contribution in [-0.4, -0.2) is 47.8 Å². The van der Waals surface area contributed by atoms with Crippen LogP contribution in [0, 0.1) is 5.41 Å². The molecule has 0 spiro atoms. The van der Waals surface area contributed by atoms with Gasteiger partial charge in [0.1, 0.15) is 0 Å². The van der Waals surface area contributed by atoms with Crippen molar-refractivity contribution in [1.29, 1.82) is 0 Å². The minimum atomic E-state index is 0.170. The summed E-state index contributed by atoms with van der Waals surface area (Å²) in [6, 6.07) is 0.686. The van der Waals surface area contributed by atoms with Gasteiger partial charge in [-0.1, -0.05) is 33.1 Å². The summed E-state index contributed by atoms with van der Waals surface area (Å²) in [5, 5.41) is 13.1. The van der Waals surface area contributed by atoms with E-state index in [-0.39, 0.29) is 17.6 Å². The molecule has 1 aliphatic rings. The zero-order valence-corrected chi connectivity index (χ0v) is 15.0. The van der Waals surface area contributed by atoms with Crippen molar-refractivity contribution in [3.63, 3.8) is 0 Å². The van der Waals surface area contributed by atoms with Gasteiger partial charge in [0.05, 0.1) is 6.61 Å². The Labute approximate surface area is 132 Å². The molecule has 0 amide bonds. The number of rotatable bonds is 8. The lowest BCUT2D eigenvalue weighted by atomic mass is 9.84. The summed E-state index contributed by atoms with van der Waals surface area (Å²) in [6.07, 6.45) is 7.90. The number of aliphatic hydroxyl groups excluding tert-OH is 1. The Balaban J connectivity index is 2.63. The van der Waals surface area contributed by atoms with Crippen LogP contribution in [0.25, 0.3) is 0 Å². The Kier molecular flexibility index (Phi) is 7.66. The third-order valence-electron chi connectivity index (χ3n) is 4.96. The zero-order chi connectivity index (χ0) is 15.9. The van der Waals surface area contributed by atoms with Crippen molar-refractivity contribution in [3.8, 4) is 0 Å². The van der Waals surface area contributed by atoms with Crippen LogP contribution in [-0.2, 0) is 0 Å². The molecule has 1 saturated carbocycles. The van der Waals surface area contributed by atoms with Crippen LogP contribution in [0.1, 0.15) is 73.1 Å². The van der Waals surface area contributed by atoms with E-state index in [1.54, 1.807) is 0 Å². The summed E-state index contributed by atoms with van der Waals surface area (Å²) in [7, 11) is 0. The third kappa shape index (κ3) is 7.12. The van der Waals surface area contributed by atoms with Gasteiger partial charge in [0.25, 0.3) is 0 Å². The molecule has 1 fully saturated rings. The first-order valence-electron chi connectivity index (χ1n) is 8.89. The van der Waals surface area contributed by atoms with Crippen molar-refractivity contribution in [2.75, 3.05) is 26.2 Å². The van der Waals surface area contributed by atoms with Gasteiger partial charge < -0.3 is 10.4 Å². The summed E-state index contributed by atoms with van der Waals surface area (Å²) in [4.78, 5) is 2.56. The molecule has 3 heteroatoms. The SMILES string of the molecule is CCC(C)(CNC(C)(C)C)CN(CCO)C1CCCCC1. The second-order valence-electron chi connectivity index (χ2n) is 8.25. The molecule has 0 saturated heterocycles. The van der Waals surface area contributed by atoms with Crippen molar-refractivity contribution in [3.05, 3.63) is 0 Å². The molecule has 126 valence electrons. The first-order valence-corrected chi connectivity index (χ1v) is 8.89. The molecule has 1 atom stereocenters. The van der Waals surface area contributed by atoms with Crippen molar-refractivity contribution in [2.24, 2.45) is 5.41 Å². The number of hydrogen-bond donors (Lipinski definition) is 2. The first-order chi connectivity index (χ1) is 9.79. The molecule has 0 aromatic rings. The molecule has 0 aliphatic heterocycles. The van der Waals surface area contributed by atoms with Gasteiger partial charge in [-0.05, 0) is 45.4 Å². The summed E-state index contributed by atoms with van der Waals surface area (Å²) >= 11 is 0. The molecule has 1 rings (SSSR count). The molecule has 0 bridgehead atoms. The quantitative estimate of drug-likeness (QED) is 0.721. The average Bonchev–Trinajstić information content (AvgIpc) is 2.45. The molecule has 1 aliphatic carbocycles. The lowest BCUT2D eigenvalue weighted by Gasteiger charge is -2.41. The Morgan fingerprint density at radius 3 is 2.19 bits per heavy atom. The molecule has 21 heavy (non-hydrogen) atoms. The normalized spacial score (nSPS) is 20.7. The molecule has 2 N–H and O–H groups in total. The van der Waals surface area contributed by atoms with E-state index >= 15 is 0 Å². The zero-order valence-electron chi connectivity index (χ0n) is 15.0. The standard InChI is InChI=1S/C18H38N2O/c1-6-18(5,14-19-17(2,3)4)15-20(12-13-21)16-10-8-7-9-11-16/h16,19,21H,6-15H2,1-5H3. The van der Waals surface area contributed by atoms with Crippen LogP contribution in [0.5, 0.6) is 0 Å². The minimum absolute atomic E-state index is 0.170. The summed E-state index contributed by atoms with van der Waals surface area (Å²) in [6.45, 7) is 14.6. The highest BCUT2D eigenvalue weighted by atomic mass is 16.3. The summed E-state index contributed by atoms with van der Waals surface area (Å²) in [5.41, 5.74) is 0.447. The van der Waals surface area contributed by atoms with E-state index < -0.39 is 0 Å². The van der Waals surface area contributed by atoms with Crippen molar-refractivity contribution < 1.29 is 5.11 Å². The predicted molar refractivity (Wildman–Crippen MR) is 91.7 cm³/mol. The molecule has 1 unspecified atom stereocenters. The third-order valence-corrected chi connectivity index (χ3v) is 4.96. The van der Waals surface area contributed by atoms with E-state index in [0.29, 0.717) is 6.04 Å². The number of hydrogen-bond acceptors (Lipinski definition) is 3. The van der Waals surface area contributed by atoms with E-state index in [1.807, 2.05) is 0 Å². The van der Waals surface area contributed by atoms with Crippen LogP contribution < -0.4 is 5.32 Å². The van der Waals surface area contributed by atoms with Gasteiger partial charge in [-0.2, -0.15) is 0 Å². The van der Waals surface area contributed by atoms with E-state index in [1.165, 1.54) is 38.5 Å². The monoisotopic (exact) mass is 298 g/mol. The molecule has 0 aromatic carbocycles. The van der Waals surface area contributed by atoms with Crippen LogP contribution >= 0.6 is 0 Å². The van der Waals surface area contributed by atoms with Gasteiger partial charge in [-0.25, -0.2) is 0 Å². The van der Waals surface area contributed by atoms with Crippen LogP contribution in [0.2, 0.25) is 0 Å². The summed E-state index contributed by atoms with van der Waals surface area (Å²) < 4.78 is 0. The number of nitrogens with one attached hydrogen (secondary N) is 1.